The Hall–Kier alpha value is -2.72. The van der Waals surface area contributed by atoms with Gasteiger partial charge in [0.2, 0.25) is 0 Å². The fraction of sp³-hybridized carbons (Fsp3) is 0.333. The maximum absolute atomic E-state index is 12.8. The Morgan fingerprint density at radius 3 is 2.70 bits per heavy atom. The molecule has 158 valence electrons. The summed E-state index contributed by atoms with van der Waals surface area (Å²) < 4.78 is 15.9. The number of phenols is 1. The van der Waals surface area contributed by atoms with Crippen molar-refractivity contribution in [2.24, 2.45) is 0 Å². The van der Waals surface area contributed by atoms with Crippen LogP contribution in [0.5, 0.6) is 11.5 Å². The summed E-state index contributed by atoms with van der Waals surface area (Å²) in [7, 11) is 1.38. The summed E-state index contributed by atoms with van der Waals surface area (Å²) in [5.74, 6) is -0.260. The molecule has 2 aromatic heterocycles. The number of aromatic hydroxyl groups is 1. The Balaban J connectivity index is 1.82. The van der Waals surface area contributed by atoms with Crippen LogP contribution in [-0.2, 0) is 4.74 Å². The maximum atomic E-state index is 12.8. The van der Waals surface area contributed by atoms with E-state index in [9.17, 15) is 19.8 Å². The molecule has 3 heterocycles. The second-order valence-electron chi connectivity index (χ2n) is 6.95. The smallest absolute Gasteiger partial charge is 0.345 e. The lowest BCUT2D eigenvalue weighted by Gasteiger charge is -2.30. The zero-order valence-corrected chi connectivity index (χ0v) is 17.3. The molecule has 1 aliphatic rings. The molecule has 3 aromatic rings. The summed E-state index contributed by atoms with van der Waals surface area (Å²) >= 11 is 1.31. The van der Waals surface area contributed by atoms with Gasteiger partial charge in [0.25, 0.3) is 0 Å². The lowest BCUT2D eigenvalue weighted by atomic mass is 10.0. The average Bonchev–Trinajstić information content (AvgIpc) is 3.23. The number of phenolic OH excluding ortho intramolecular Hbond substituents is 1. The van der Waals surface area contributed by atoms with Gasteiger partial charge in [0.1, 0.15) is 11.8 Å². The second kappa shape index (κ2) is 8.19. The molecule has 0 amide bonds. The van der Waals surface area contributed by atoms with Crippen molar-refractivity contribution >= 4 is 28.6 Å². The van der Waals surface area contributed by atoms with Gasteiger partial charge in [-0.3, -0.25) is 9.69 Å². The predicted octanol–water partition coefficient (Wildman–Crippen LogP) is 2.68. The largest absolute Gasteiger partial charge is 0.504 e. The number of rotatable bonds is 5. The third kappa shape index (κ3) is 3.39. The number of nitrogens with zero attached hydrogens (tertiary/aromatic N) is 1. The predicted molar refractivity (Wildman–Crippen MR) is 111 cm³/mol. The zero-order valence-electron chi connectivity index (χ0n) is 16.5. The number of ether oxygens (including phenoxy) is 2. The highest BCUT2D eigenvalue weighted by molar-refractivity contribution is 7.15. The van der Waals surface area contributed by atoms with E-state index in [1.807, 2.05) is 4.90 Å². The van der Waals surface area contributed by atoms with Gasteiger partial charge in [-0.15, -0.1) is 11.3 Å². The van der Waals surface area contributed by atoms with E-state index in [0.717, 1.165) is 0 Å². The first-order valence-electron chi connectivity index (χ1n) is 9.38. The van der Waals surface area contributed by atoms with Gasteiger partial charge >= 0.3 is 5.63 Å². The molecule has 1 saturated heterocycles. The highest BCUT2D eigenvalue weighted by Crippen LogP contribution is 2.40. The summed E-state index contributed by atoms with van der Waals surface area (Å²) in [5, 5.41) is 21.4. The number of aliphatic hydroxyl groups is 1. The molecule has 9 heteroatoms. The minimum absolute atomic E-state index is 0.0136. The first-order chi connectivity index (χ1) is 14.5. The number of carbonyl (C=O) groups excluding carboxylic acids is 1. The van der Waals surface area contributed by atoms with E-state index in [1.54, 1.807) is 19.1 Å². The lowest BCUT2D eigenvalue weighted by Crippen LogP contribution is -2.38. The van der Waals surface area contributed by atoms with E-state index < -0.39 is 11.9 Å². The van der Waals surface area contributed by atoms with Gasteiger partial charge in [-0.05, 0) is 30.7 Å². The van der Waals surface area contributed by atoms with Crippen molar-refractivity contribution in [3.05, 3.63) is 44.6 Å². The normalized spacial score (nSPS) is 16.0. The quantitative estimate of drug-likeness (QED) is 0.469. The number of aryl methyl sites for hydroxylation is 1. The Morgan fingerprint density at radius 2 is 2.03 bits per heavy atom. The number of benzene rings is 1. The summed E-state index contributed by atoms with van der Waals surface area (Å²) in [4.78, 5) is 27.6. The number of aldehydes is 1. The van der Waals surface area contributed by atoms with Crippen molar-refractivity contribution in [2.45, 2.75) is 13.2 Å². The van der Waals surface area contributed by atoms with Gasteiger partial charge in [0.15, 0.2) is 23.4 Å². The standard InChI is InChI=1S/C21H21NO7S/c1-11-12-9-14(27-2)18(24)13(10-23)19(12)29-21(26)17(11)15-3-4-16(30-15)20(25)22-5-7-28-8-6-22/h3-4,9-10,20,24-25H,5-8H2,1-2H3. The molecule has 1 unspecified atom stereocenters. The van der Waals surface area contributed by atoms with Gasteiger partial charge in [-0.25, -0.2) is 4.79 Å². The van der Waals surface area contributed by atoms with Crippen LogP contribution in [0.4, 0.5) is 0 Å². The zero-order chi connectivity index (χ0) is 21.4. The molecule has 8 nitrogen and oxygen atoms in total. The highest BCUT2D eigenvalue weighted by Gasteiger charge is 2.24. The van der Waals surface area contributed by atoms with Crippen molar-refractivity contribution in [3.8, 4) is 21.9 Å². The van der Waals surface area contributed by atoms with E-state index in [-0.39, 0.29) is 22.6 Å². The monoisotopic (exact) mass is 431 g/mol. The summed E-state index contributed by atoms with van der Waals surface area (Å²) in [6.07, 6.45) is -0.344. The minimum atomic E-state index is -0.779. The Labute approximate surface area is 175 Å². The molecule has 1 fully saturated rings. The van der Waals surface area contributed by atoms with Crippen LogP contribution in [0, 0.1) is 6.92 Å². The van der Waals surface area contributed by atoms with E-state index in [0.29, 0.717) is 58.9 Å². The van der Waals surface area contributed by atoms with Gasteiger partial charge in [0, 0.05) is 28.2 Å². The maximum Gasteiger partial charge on any atom is 0.345 e. The van der Waals surface area contributed by atoms with E-state index in [4.69, 9.17) is 13.9 Å². The van der Waals surface area contributed by atoms with Crippen LogP contribution in [0.25, 0.3) is 21.4 Å². The molecular formula is C21H21NO7S. The number of aliphatic hydroxyl groups excluding tert-OH is 1. The Kier molecular flexibility index (Phi) is 5.61. The van der Waals surface area contributed by atoms with Crippen molar-refractivity contribution in [1.82, 2.24) is 4.90 Å². The molecule has 1 atom stereocenters. The van der Waals surface area contributed by atoms with Crippen LogP contribution in [0.1, 0.15) is 27.0 Å². The molecule has 1 aliphatic heterocycles. The summed E-state index contributed by atoms with van der Waals surface area (Å²) in [6, 6.07) is 5.10. The van der Waals surface area contributed by atoms with Crippen LogP contribution in [0.15, 0.2) is 27.4 Å². The molecular weight excluding hydrogens is 410 g/mol. The molecule has 0 spiro atoms. The van der Waals surface area contributed by atoms with Crippen LogP contribution in [-0.4, -0.2) is 54.8 Å². The molecule has 30 heavy (non-hydrogen) atoms. The third-order valence-corrected chi connectivity index (χ3v) is 6.43. The van der Waals surface area contributed by atoms with Crippen molar-refractivity contribution in [3.63, 3.8) is 0 Å². The highest BCUT2D eigenvalue weighted by atomic mass is 32.1. The molecule has 0 saturated carbocycles. The summed E-state index contributed by atoms with van der Waals surface area (Å²) in [6.45, 7) is 4.14. The molecule has 1 aromatic carbocycles. The number of methoxy groups -OCH3 is 1. The molecule has 4 rings (SSSR count). The number of carbonyl (C=O) groups is 1. The SMILES string of the molecule is COc1cc2c(C)c(-c3ccc(C(O)N4CCOCC4)s3)c(=O)oc2c(C=O)c1O. The first-order valence-corrected chi connectivity index (χ1v) is 10.2. The Bertz CT molecular complexity index is 1160. The topological polar surface area (TPSA) is 109 Å². The molecule has 0 bridgehead atoms. The van der Waals surface area contributed by atoms with Crippen molar-refractivity contribution < 1.29 is 28.9 Å². The Morgan fingerprint density at radius 1 is 1.30 bits per heavy atom. The van der Waals surface area contributed by atoms with E-state index >= 15 is 0 Å². The van der Waals surface area contributed by atoms with Gasteiger partial charge in [0.05, 0.1) is 25.9 Å². The van der Waals surface area contributed by atoms with Crippen LogP contribution < -0.4 is 10.4 Å². The number of hydrogen-bond acceptors (Lipinski definition) is 9. The van der Waals surface area contributed by atoms with Gasteiger partial charge in [-0.1, -0.05) is 0 Å². The molecule has 2 N–H and O–H groups in total. The van der Waals surface area contributed by atoms with E-state index in [2.05, 4.69) is 0 Å². The van der Waals surface area contributed by atoms with Crippen molar-refractivity contribution in [2.75, 3.05) is 33.4 Å². The number of fused-ring (bicyclic) bond motifs is 1. The molecule has 0 radical (unpaired) electrons. The lowest BCUT2D eigenvalue weighted by molar-refractivity contribution is -0.0586. The summed E-state index contributed by atoms with van der Waals surface area (Å²) in [5.41, 5.74) is 0.196. The first kappa shape index (κ1) is 20.5. The van der Waals surface area contributed by atoms with Gasteiger partial charge < -0.3 is 24.1 Å². The minimum Gasteiger partial charge on any atom is -0.504 e. The fourth-order valence-electron chi connectivity index (χ4n) is 3.65. The fourth-order valence-corrected chi connectivity index (χ4v) is 4.77. The third-order valence-electron chi connectivity index (χ3n) is 5.29. The molecule has 0 aliphatic carbocycles. The number of hydrogen-bond donors (Lipinski definition) is 2. The van der Waals surface area contributed by atoms with Crippen LogP contribution in [0.2, 0.25) is 0 Å². The average molecular weight is 431 g/mol. The van der Waals surface area contributed by atoms with Crippen LogP contribution >= 0.6 is 11.3 Å². The van der Waals surface area contributed by atoms with Crippen molar-refractivity contribution in [1.29, 1.82) is 0 Å². The number of thiophene rings is 1. The second-order valence-corrected chi connectivity index (χ2v) is 8.06. The van der Waals surface area contributed by atoms with E-state index in [1.165, 1.54) is 24.5 Å². The van der Waals surface area contributed by atoms with Crippen LogP contribution in [0.3, 0.4) is 0 Å². The van der Waals surface area contributed by atoms with Gasteiger partial charge in [-0.2, -0.15) is 0 Å². The number of morpholine rings is 1.